The van der Waals surface area contributed by atoms with E-state index < -0.39 is 0 Å². The number of hydrogen-bond acceptors (Lipinski definition) is 2. The minimum absolute atomic E-state index is 0.415. The minimum Gasteiger partial charge on any atom is -0.312 e. The lowest BCUT2D eigenvalue weighted by Crippen LogP contribution is -2.36. The van der Waals surface area contributed by atoms with Crippen LogP contribution in [0.1, 0.15) is 43.5 Å². The van der Waals surface area contributed by atoms with Crippen molar-refractivity contribution >= 4 is 0 Å². The standard InChI is InChI=1S/C17H30N2/c1-7-19(11-13(2)3)12-17(18-6)16-9-8-14(4)15(5)10-16/h8-10,13,17-18H,7,11-12H2,1-6H3. The van der Waals surface area contributed by atoms with E-state index in [1.165, 1.54) is 23.2 Å². The molecule has 0 aromatic heterocycles. The molecule has 0 aliphatic carbocycles. The lowest BCUT2D eigenvalue weighted by molar-refractivity contribution is 0.232. The summed E-state index contributed by atoms with van der Waals surface area (Å²) in [6, 6.07) is 7.22. The Morgan fingerprint density at radius 2 is 1.79 bits per heavy atom. The minimum atomic E-state index is 0.415. The highest BCUT2D eigenvalue weighted by atomic mass is 15.1. The highest BCUT2D eigenvalue weighted by Crippen LogP contribution is 2.18. The summed E-state index contributed by atoms with van der Waals surface area (Å²) in [4.78, 5) is 2.53. The molecule has 2 heteroatoms. The fourth-order valence-electron chi connectivity index (χ4n) is 2.45. The molecule has 0 aliphatic heterocycles. The van der Waals surface area contributed by atoms with E-state index >= 15 is 0 Å². The molecule has 19 heavy (non-hydrogen) atoms. The summed E-state index contributed by atoms with van der Waals surface area (Å²) in [6.07, 6.45) is 0. The SMILES string of the molecule is CCN(CC(C)C)CC(NC)c1ccc(C)c(C)c1. The summed E-state index contributed by atoms with van der Waals surface area (Å²) in [5, 5.41) is 3.46. The Hall–Kier alpha value is -0.860. The zero-order valence-electron chi connectivity index (χ0n) is 13.5. The molecule has 0 spiro atoms. The smallest absolute Gasteiger partial charge is 0.0446 e. The molecule has 1 atom stereocenters. The van der Waals surface area contributed by atoms with Crippen molar-refractivity contribution in [2.75, 3.05) is 26.7 Å². The van der Waals surface area contributed by atoms with Crippen LogP contribution in [0.2, 0.25) is 0 Å². The average Bonchev–Trinajstić information content (AvgIpc) is 2.37. The maximum atomic E-state index is 3.46. The van der Waals surface area contributed by atoms with Crippen molar-refractivity contribution in [2.24, 2.45) is 5.92 Å². The molecule has 1 N–H and O–H groups in total. The summed E-state index contributed by atoms with van der Waals surface area (Å²) < 4.78 is 0. The second kappa shape index (κ2) is 7.66. The zero-order chi connectivity index (χ0) is 14.4. The first-order valence-electron chi connectivity index (χ1n) is 7.44. The zero-order valence-corrected chi connectivity index (χ0v) is 13.5. The molecule has 0 heterocycles. The number of likely N-dealkylation sites (N-methyl/N-ethyl adjacent to an activating group) is 2. The molecule has 1 aromatic rings. The van der Waals surface area contributed by atoms with Crippen molar-refractivity contribution in [1.82, 2.24) is 10.2 Å². The fourth-order valence-corrected chi connectivity index (χ4v) is 2.45. The van der Waals surface area contributed by atoms with Gasteiger partial charge < -0.3 is 10.2 Å². The summed E-state index contributed by atoms with van der Waals surface area (Å²) >= 11 is 0. The maximum absolute atomic E-state index is 3.46. The van der Waals surface area contributed by atoms with Crippen LogP contribution in [0.15, 0.2) is 18.2 Å². The molecule has 0 saturated heterocycles. The molecule has 0 radical (unpaired) electrons. The van der Waals surface area contributed by atoms with Gasteiger partial charge in [0.05, 0.1) is 0 Å². The van der Waals surface area contributed by atoms with Crippen molar-refractivity contribution in [1.29, 1.82) is 0 Å². The van der Waals surface area contributed by atoms with Crippen LogP contribution >= 0.6 is 0 Å². The molecule has 0 saturated carbocycles. The van der Waals surface area contributed by atoms with E-state index in [0.29, 0.717) is 6.04 Å². The number of rotatable bonds is 7. The Kier molecular flexibility index (Phi) is 6.53. The van der Waals surface area contributed by atoms with Crippen molar-refractivity contribution < 1.29 is 0 Å². The molecule has 1 rings (SSSR count). The maximum Gasteiger partial charge on any atom is 0.0446 e. The molecular formula is C17H30N2. The molecule has 1 aromatic carbocycles. The molecule has 108 valence electrons. The first-order chi connectivity index (χ1) is 8.97. The highest BCUT2D eigenvalue weighted by Gasteiger charge is 2.14. The molecule has 0 amide bonds. The van der Waals surface area contributed by atoms with Crippen LogP contribution in [0.5, 0.6) is 0 Å². The van der Waals surface area contributed by atoms with Crippen LogP contribution in [0.3, 0.4) is 0 Å². The van der Waals surface area contributed by atoms with Crippen LogP contribution in [0.4, 0.5) is 0 Å². The average molecular weight is 262 g/mol. The van der Waals surface area contributed by atoms with E-state index in [4.69, 9.17) is 0 Å². The third-order valence-electron chi connectivity index (χ3n) is 3.79. The number of hydrogen-bond donors (Lipinski definition) is 1. The second-order valence-corrected chi connectivity index (χ2v) is 5.93. The number of nitrogens with one attached hydrogen (secondary N) is 1. The third-order valence-corrected chi connectivity index (χ3v) is 3.79. The predicted molar refractivity (Wildman–Crippen MR) is 84.7 cm³/mol. The topological polar surface area (TPSA) is 15.3 Å². The van der Waals surface area contributed by atoms with Gasteiger partial charge in [0, 0.05) is 19.1 Å². The van der Waals surface area contributed by atoms with Crippen LogP contribution in [0, 0.1) is 19.8 Å². The number of benzene rings is 1. The fraction of sp³-hybridized carbons (Fsp3) is 0.647. The van der Waals surface area contributed by atoms with Crippen LogP contribution in [0.25, 0.3) is 0 Å². The van der Waals surface area contributed by atoms with Gasteiger partial charge in [0.1, 0.15) is 0 Å². The summed E-state index contributed by atoms with van der Waals surface area (Å²) in [7, 11) is 2.06. The van der Waals surface area contributed by atoms with Crippen LogP contribution in [-0.2, 0) is 0 Å². The molecular weight excluding hydrogens is 232 g/mol. The Morgan fingerprint density at radius 3 is 2.26 bits per heavy atom. The van der Waals surface area contributed by atoms with E-state index in [0.717, 1.165) is 19.0 Å². The van der Waals surface area contributed by atoms with E-state index in [2.05, 4.69) is 70.1 Å². The second-order valence-electron chi connectivity index (χ2n) is 5.93. The number of aryl methyl sites for hydroxylation is 2. The van der Waals surface area contributed by atoms with Gasteiger partial charge in [-0.1, -0.05) is 39.0 Å². The van der Waals surface area contributed by atoms with Gasteiger partial charge in [-0.3, -0.25) is 0 Å². The van der Waals surface area contributed by atoms with Gasteiger partial charge in [0.15, 0.2) is 0 Å². The van der Waals surface area contributed by atoms with Crippen molar-refractivity contribution in [3.63, 3.8) is 0 Å². The lowest BCUT2D eigenvalue weighted by atomic mass is 10.0. The Bertz CT molecular complexity index is 385. The normalized spacial score (nSPS) is 13.3. The van der Waals surface area contributed by atoms with Gasteiger partial charge in [0.25, 0.3) is 0 Å². The van der Waals surface area contributed by atoms with Gasteiger partial charge >= 0.3 is 0 Å². The Balaban J connectivity index is 2.78. The van der Waals surface area contributed by atoms with E-state index in [1.807, 2.05) is 0 Å². The summed E-state index contributed by atoms with van der Waals surface area (Å²) in [5.74, 6) is 0.720. The molecule has 0 fully saturated rings. The highest BCUT2D eigenvalue weighted by molar-refractivity contribution is 5.31. The van der Waals surface area contributed by atoms with Gasteiger partial charge in [-0.25, -0.2) is 0 Å². The van der Waals surface area contributed by atoms with Crippen molar-refractivity contribution in [3.05, 3.63) is 34.9 Å². The summed E-state index contributed by atoms with van der Waals surface area (Å²) in [6.45, 7) is 14.5. The monoisotopic (exact) mass is 262 g/mol. The summed E-state index contributed by atoms with van der Waals surface area (Å²) in [5.41, 5.74) is 4.14. The van der Waals surface area contributed by atoms with Crippen molar-refractivity contribution in [2.45, 2.75) is 40.7 Å². The first-order valence-corrected chi connectivity index (χ1v) is 7.44. The third kappa shape index (κ3) is 4.96. The largest absolute Gasteiger partial charge is 0.312 e. The van der Waals surface area contributed by atoms with E-state index in [-0.39, 0.29) is 0 Å². The van der Waals surface area contributed by atoms with Crippen molar-refractivity contribution in [3.8, 4) is 0 Å². The van der Waals surface area contributed by atoms with Crippen LogP contribution in [-0.4, -0.2) is 31.6 Å². The molecule has 0 bridgehead atoms. The molecule has 1 unspecified atom stereocenters. The van der Waals surface area contributed by atoms with E-state index in [9.17, 15) is 0 Å². The Morgan fingerprint density at radius 1 is 1.11 bits per heavy atom. The predicted octanol–water partition coefficient (Wildman–Crippen LogP) is 3.54. The molecule has 0 aliphatic rings. The molecule has 2 nitrogen and oxygen atoms in total. The first kappa shape index (κ1) is 16.2. The quantitative estimate of drug-likeness (QED) is 0.808. The van der Waals surface area contributed by atoms with Gasteiger partial charge in [-0.05, 0) is 50.0 Å². The van der Waals surface area contributed by atoms with Gasteiger partial charge in [0.2, 0.25) is 0 Å². The number of nitrogens with zero attached hydrogens (tertiary/aromatic N) is 1. The van der Waals surface area contributed by atoms with Gasteiger partial charge in [-0.2, -0.15) is 0 Å². The Labute approximate surface area is 119 Å². The van der Waals surface area contributed by atoms with E-state index in [1.54, 1.807) is 0 Å². The lowest BCUT2D eigenvalue weighted by Gasteiger charge is -2.28. The van der Waals surface area contributed by atoms with Gasteiger partial charge in [-0.15, -0.1) is 0 Å². The van der Waals surface area contributed by atoms with Crippen LogP contribution < -0.4 is 5.32 Å².